The van der Waals surface area contributed by atoms with Crippen molar-refractivity contribution in [3.05, 3.63) is 57.7 Å². The lowest BCUT2D eigenvalue weighted by atomic mass is 10.2. The summed E-state index contributed by atoms with van der Waals surface area (Å²) in [6, 6.07) is 11.4. The van der Waals surface area contributed by atoms with Crippen LogP contribution in [0.15, 0.2) is 48.5 Å². The Balaban J connectivity index is 1.91. The molecule has 0 heterocycles. The molecule has 1 amide bonds. The van der Waals surface area contributed by atoms with Gasteiger partial charge in [0.15, 0.2) is 6.61 Å². The van der Waals surface area contributed by atoms with E-state index in [1.165, 1.54) is 12.1 Å². The van der Waals surface area contributed by atoms with Gasteiger partial charge in [0.25, 0.3) is 5.91 Å². The highest BCUT2D eigenvalue weighted by atomic mass is 127. The summed E-state index contributed by atoms with van der Waals surface area (Å²) in [6.45, 7) is -0.221. The molecule has 2 aromatic rings. The third-order valence-corrected chi connectivity index (χ3v) is 3.58. The molecule has 0 unspecified atom stereocenters. The SMILES string of the molecule is O=C(COc1ccccc1I)Nc1ccc(C(F)(F)F)cc1. The zero-order valence-corrected chi connectivity index (χ0v) is 13.3. The predicted octanol–water partition coefficient (Wildman–Crippen LogP) is 4.33. The molecule has 0 saturated carbocycles. The van der Waals surface area contributed by atoms with E-state index in [1.807, 2.05) is 12.1 Å². The highest BCUT2D eigenvalue weighted by molar-refractivity contribution is 14.1. The third-order valence-electron chi connectivity index (χ3n) is 2.69. The Morgan fingerprint density at radius 1 is 1.09 bits per heavy atom. The number of hydrogen-bond donors (Lipinski definition) is 1. The maximum Gasteiger partial charge on any atom is 0.416 e. The van der Waals surface area contributed by atoms with Crippen LogP contribution in [0.3, 0.4) is 0 Å². The summed E-state index contributed by atoms with van der Waals surface area (Å²) in [5.41, 5.74) is -0.482. The average molecular weight is 421 g/mol. The number of rotatable bonds is 4. The summed E-state index contributed by atoms with van der Waals surface area (Å²) in [5.74, 6) is 0.130. The van der Waals surface area contributed by atoms with Gasteiger partial charge in [-0.2, -0.15) is 13.2 Å². The van der Waals surface area contributed by atoms with Crippen LogP contribution in [0.4, 0.5) is 18.9 Å². The van der Waals surface area contributed by atoms with Crippen LogP contribution in [0, 0.1) is 3.57 Å². The van der Waals surface area contributed by atoms with E-state index in [1.54, 1.807) is 12.1 Å². The maximum atomic E-state index is 12.4. The topological polar surface area (TPSA) is 38.3 Å². The van der Waals surface area contributed by atoms with Gasteiger partial charge in [-0.15, -0.1) is 0 Å². The molecule has 0 aliphatic heterocycles. The van der Waals surface area contributed by atoms with Gasteiger partial charge in [0.2, 0.25) is 0 Å². The summed E-state index contributed by atoms with van der Waals surface area (Å²) in [5, 5.41) is 2.48. The van der Waals surface area contributed by atoms with Crippen molar-refractivity contribution in [3.63, 3.8) is 0 Å². The summed E-state index contributed by atoms with van der Waals surface area (Å²) < 4.78 is 43.5. The molecule has 2 aromatic carbocycles. The Kier molecular flexibility index (Phi) is 5.28. The molecule has 116 valence electrons. The molecule has 0 radical (unpaired) electrons. The van der Waals surface area contributed by atoms with Gasteiger partial charge >= 0.3 is 6.18 Å². The molecule has 1 N–H and O–H groups in total. The van der Waals surface area contributed by atoms with Crippen LogP contribution >= 0.6 is 22.6 Å². The molecular weight excluding hydrogens is 410 g/mol. The number of para-hydroxylation sites is 1. The Bertz CT molecular complexity index is 657. The van der Waals surface area contributed by atoms with Crippen LogP contribution in [0.5, 0.6) is 5.75 Å². The molecule has 7 heteroatoms. The van der Waals surface area contributed by atoms with Gasteiger partial charge in [0.05, 0.1) is 9.13 Å². The fourth-order valence-electron chi connectivity index (χ4n) is 1.64. The van der Waals surface area contributed by atoms with Crippen molar-refractivity contribution in [2.45, 2.75) is 6.18 Å². The number of benzene rings is 2. The normalized spacial score (nSPS) is 11.1. The fraction of sp³-hybridized carbons (Fsp3) is 0.133. The van der Waals surface area contributed by atoms with Gasteiger partial charge in [-0.25, -0.2) is 0 Å². The van der Waals surface area contributed by atoms with Crippen molar-refractivity contribution in [2.75, 3.05) is 11.9 Å². The molecule has 0 spiro atoms. The van der Waals surface area contributed by atoms with Gasteiger partial charge in [-0.05, 0) is 59.0 Å². The minimum absolute atomic E-state index is 0.221. The van der Waals surface area contributed by atoms with Crippen molar-refractivity contribution in [1.82, 2.24) is 0 Å². The van der Waals surface area contributed by atoms with Crippen molar-refractivity contribution in [2.24, 2.45) is 0 Å². The Morgan fingerprint density at radius 3 is 2.32 bits per heavy atom. The molecule has 22 heavy (non-hydrogen) atoms. The first-order valence-electron chi connectivity index (χ1n) is 6.21. The minimum atomic E-state index is -4.39. The quantitative estimate of drug-likeness (QED) is 0.747. The number of carbonyl (C=O) groups is 1. The molecule has 0 atom stereocenters. The third kappa shape index (κ3) is 4.62. The maximum absolute atomic E-state index is 12.4. The number of carbonyl (C=O) groups excluding carboxylic acids is 1. The van der Waals surface area contributed by atoms with Gasteiger partial charge in [0, 0.05) is 5.69 Å². The smallest absolute Gasteiger partial charge is 0.416 e. The van der Waals surface area contributed by atoms with Crippen molar-refractivity contribution in [3.8, 4) is 5.75 Å². The van der Waals surface area contributed by atoms with Crippen molar-refractivity contribution >= 4 is 34.2 Å². The van der Waals surface area contributed by atoms with Crippen LogP contribution in [0.25, 0.3) is 0 Å². The summed E-state index contributed by atoms with van der Waals surface area (Å²) in [6.07, 6.45) is -4.39. The van der Waals surface area contributed by atoms with Crippen LogP contribution in [-0.2, 0) is 11.0 Å². The van der Waals surface area contributed by atoms with E-state index in [0.717, 1.165) is 15.7 Å². The van der Waals surface area contributed by atoms with Gasteiger partial charge in [0.1, 0.15) is 5.75 Å². The van der Waals surface area contributed by atoms with Gasteiger partial charge < -0.3 is 10.1 Å². The Morgan fingerprint density at radius 2 is 1.73 bits per heavy atom. The lowest BCUT2D eigenvalue weighted by molar-refractivity contribution is -0.137. The van der Waals surface area contributed by atoms with Gasteiger partial charge in [-0.3, -0.25) is 4.79 Å². The van der Waals surface area contributed by atoms with Crippen molar-refractivity contribution in [1.29, 1.82) is 0 Å². The second kappa shape index (κ2) is 6.99. The number of ether oxygens (including phenoxy) is 1. The molecule has 0 aliphatic carbocycles. The summed E-state index contributed by atoms with van der Waals surface area (Å²) in [4.78, 5) is 11.7. The van der Waals surface area contributed by atoms with E-state index in [0.29, 0.717) is 5.75 Å². The standard InChI is InChI=1S/C15H11F3INO2/c16-15(17,18)10-5-7-11(8-6-10)20-14(21)9-22-13-4-2-1-3-12(13)19/h1-8H,9H2,(H,20,21). The first-order valence-corrected chi connectivity index (χ1v) is 7.28. The number of alkyl halides is 3. The molecule has 3 nitrogen and oxygen atoms in total. The summed E-state index contributed by atoms with van der Waals surface area (Å²) in [7, 11) is 0. The number of amides is 1. The molecular formula is C15H11F3INO2. The Labute approximate surface area is 138 Å². The number of anilines is 1. The largest absolute Gasteiger partial charge is 0.483 e. The van der Waals surface area contributed by atoms with E-state index < -0.39 is 17.6 Å². The van der Waals surface area contributed by atoms with Crippen LogP contribution in [0.2, 0.25) is 0 Å². The van der Waals surface area contributed by atoms with Crippen LogP contribution in [-0.4, -0.2) is 12.5 Å². The fourth-order valence-corrected chi connectivity index (χ4v) is 2.19. The predicted molar refractivity (Wildman–Crippen MR) is 84.7 cm³/mol. The minimum Gasteiger partial charge on any atom is -0.483 e. The molecule has 0 saturated heterocycles. The Hall–Kier alpha value is -1.77. The number of nitrogens with one attached hydrogen (secondary N) is 1. The van der Waals surface area contributed by atoms with E-state index >= 15 is 0 Å². The monoisotopic (exact) mass is 421 g/mol. The van der Waals surface area contributed by atoms with E-state index in [-0.39, 0.29) is 12.3 Å². The van der Waals surface area contributed by atoms with Crippen LogP contribution < -0.4 is 10.1 Å². The van der Waals surface area contributed by atoms with E-state index in [4.69, 9.17) is 4.74 Å². The second-order valence-corrected chi connectivity index (χ2v) is 5.50. The van der Waals surface area contributed by atoms with E-state index in [2.05, 4.69) is 27.9 Å². The molecule has 0 aromatic heterocycles. The number of halogens is 4. The van der Waals surface area contributed by atoms with Gasteiger partial charge in [-0.1, -0.05) is 12.1 Å². The average Bonchev–Trinajstić information content (AvgIpc) is 2.46. The zero-order chi connectivity index (χ0) is 16.2. The molecule has 0 aliphatic rings. The summed E-state index contributed by atoms with van der Waals surface area (Å²) >= 11 is 2.08. The highest BCUT2D eigenvalue weighted by Gasteiger charge is 2.29. The zero-order valence-electron chi connectivity index (χ0n) is 11.2. The lowest BCUT2D eigenvalue weighted by Crippen LogP contribution is -2.20. The molecule has 0 fully saturated rings. The van der Waals surface area contributed by atoms with Crippen molar-refractivity contribution < 1.29 is 22.7 Å². The van der Waals surface area contributed by atoms with E-state index in [9.17, 15) is 18.0 Å². The number of hydrogen-bond acceptors (Lipinski definition) is 2. The first-order chi connectivity index (χ1) is 10.4. The lowest BCUT2D eigenvalue weighted by Gasteiger charge is -2.10. The second-order valence-electron chi connectivity index (χ2n) is 4.34. The van der Waals surface area contributed by atoms with Crippen LogP contribution in [0.1, 0.15) is 5.56 Å². The molecule has 2 rings (SSSR count). The first kappa shape index (κ1) is 16.6. The molecule has 0 bridgehead atoms. The highest BCUT2D eigenvalue weighted by Crippen LogP contribution is 2.29.